The highest BCUT2D eigenvalue weighted by molar-refractivity contribution is 7.89. The molecule has 2 aliphatic rings. The molecule has 0 unspecified atom stereocenters. The molecule has 88 valence electrons. The second kappa shape index (κ2) is 4.39. The van der Waals surface area contributed by atoms with Crippen molar-refractivity contribution < 1.29 is 8.42 Å². The standard InChI is InChI=1S/C10H20N2O2S/c11-9-5-1-2-6-10(9)12-7-3-4-8-15(12,13)14/h9-10H,1-8,11H2/t9-,10-/m1/s1. The maximum absolute atomic E-state index is 11.9. The third-order valence-corrected chi connectivity index (χ3v) is 5.51. The zero-order valence-corrected chi connectivity index (χ0v) is 9.88. The Bertz CT molecular complexity index is 315. The number of sulfonamides is 1. The monoisotopic (exact) mass is 232 g/mol. The van der Waals surface area contributed by atoms with Crippen LogP contribution in [0.1, 0.15) is 38.5 Å². The fraction of sp³-hybridized carbons (Fsp3) is 1.00. The lowest BCUT2D eigenvalue weighted by molar-refractivity contribution is 0.216. The Labute approximate surface area is 91.9 Å². The first-order chi connectivity index (χ1) is 7.11. The van der Waals surface area contributed by atoms with Gasteiger partial charge in [-0.15, -0.1) is 0 Å². The Morgan fingerprint density at radius 3 is 2.47 bits per heavy atom. The van der Waals surface area contributed by atoms with Gasteiger partial charge in [-0.3, -0.25) is 0 Å². The van der Waals surface area contributed by atoms with E-state index in [1.165, 1.54) is 0 Å². The van der Waals surface area contributed by atoms with Crippen LogP contribution in [-0.4, -0.2) is 37.1 Å². The van der Waals surface area contributed by atoms with Crippen molar-refractivity contribution in [3.8, 4) is 0 Å². The highest BCUT2D eigenvalue weighted by atomic mass is 32.2. The molecule has 0 bridgehead atoms. The molecule has 1 saturated heterocycles. The number of hydrogen-bond donors (Lipinski definition) is 1. The lowest BCUT2D eigenvalue weighted by atomic mass is 9.91. The molecule has 1 aliphatic carbocycles. The fourth-order valence-electron chi connectivity index (χ4n) is 2.68. The molecule has 2 N–H and O–H groups in total. The lowest BCUT2D eigenvalue weighted by Crippen LogP contribution is -2.54. The topological polar surface area (TPSA) is 63.4 Å². The van der Waals surface area contributed by atoms with Crippen LogP contribution in [0.4, 0.5) is 0 Å². The van der Waals surface area contributed by atoms with Gasteiger partial charge in [0.05, 0.1) is 5.75 Å². The average molecular weight is 232 g/mol. The van der Waals surface area contributed by atoms with Crippen molar-refractivity contribution in [2.75, 3.05) is 12.3 Å². The molecule has 2 fully saturated rings. The van der Waals surface area contributed by atoms with E-state index in [9.17, 15) is 8.42 Å². The van der Waals surface area contributed by atoms with E-state index in [2.05, 4.69) is 0 Å². The van der Waals surface area contributed by atoms with Crippen molar-refractivity contribution in [3.05, 3.63) is 0 Å². The van der Waals surface area contributed by atoms with Gasteiger partial charge in [-0.25, -0.2) is 8.42 Å². The van der Waals surface area contributed by atoms with Crippen molar-refractivity contribution >= 4 is 10.0 Å². The number of hydrogen-bond acceptors (Lipinski definition) is 3. The maximum Gasteiger partial charge on any atom is 0.214 e. The molecule has 5 heteroatoms. The second-order valence-electron chi connectivity index (χ2n) is 4.65. The quantitative estimate of drug-likeness (QED) is 0.723. The van der Waals surface area contributed by atoms with Crippen LogP contribution in [0.25, 0.3) is 0 Å². The summed E-state index contributed by atoms with van der Waals surface area (Å²) in [5.74, 6) is 0.316. The van der Waals surface area contributed by atoms with Crippen LogP contribution in [0.5, 0.6) is 0 Å². The molecule has 1 saturated carbocycles. The molecule has 0 aromatic rings. The molecule has 0 aromatic carbocycles. The summed E-state index contributed by atoms with van der Waals surface area (Å²) in [4.78, 5) is 0. The normalized spacial score (nSPS) is 37.7. The Balaban J connectivity index is 2.13. The molecular formula is C10H20N2O2S. The third-order valence-electron chi connectivity index (χ3n) is 3.54. The predicted molar refractivity (Wildman–Crippen MR) is 60.0 cm³/mol. The molecule has 1 aliphatic heterocycles. The van der Waals surface area contributed by atoms with Crippen LogP contribution < -0.4 is 5.73 Å². The molecule has 4 nitrogen and oxygen atoms in total. The van der Waals surface area contributed by atoms with Gasteiger partial charge in [0.1, 0.15) is 0 Å². The molecule has 0 amide bonds. The van der Waals surface area contributed by atoms with Crippen molar-refractivity contribution in [1.82, 2.24) is 4.31 Å². The van der Waals surface area contributed by atoms with Crippen LogP contribution in [-0.2, 0) is 10.0 Å². The summed E-state index contributed by atoms with van der Waals surface area (Å²) < 4.78 is 25.5. The third kappa shape index (κ3) is 2.34. The summed E-state index contributed by atoms with van der Waals surface area (Å²) in [6.45, 7) is 0.681. The van der Waals surface area contributed by atoms with E-state index in [0.29, 0.717) is 12.3 Å². The van der Waals surface area contributed by atoms with Gasteiger partial charge < -0.3 is 5.73 Å². The number of nitrogens with two attached hydrogens (primary N) is 1. The summed E-state index contributed by atoms with van der Waals surface area (Å²) in [7, 11) is -3.00. The van der Waals surface area contributed by atoms with Gasteiger partial charge in [-0.05, 0) is 25.7 Å². The largest absolute Gasteiger partial charge is 0.326 e. The summed E-state index contributed by atoms with van der Waals surface area (Å²) >= 11 is 0. The van der Waals surface area contributed by atoms with Gasteiger partial charge in [0.15, 0.2) is 0 Å². The summed E-state index contributed by atoms with van der Waals surface area (Å²) in [6, 6.07) is 0.121. The first-order valence-electron chi connectivity index (χ1n) is 5.86. The molecule has 1 heterocycles. The van der Waals surface area contributed by atoms with Crippen molar-refractivity contribution in [3.63, 3.8) is 0 Å². The zero-order valence-electron chi connectivity index (χ0n) is 9.06. The van der Waals surface area contributed by atoms with Crippen molar-refractivity contribution in [1.29, 1.82) is 0 Å². The van der Waals surface area contributed by atoms with Crippen LogP contribution in [0.3, 0.4) is 0 Å². The second-order valence-corrected chi connectivity index (χ2v) is 6.69. The molecule has 0 aromatic heterocycles. The highest BCUT2D eigenvalue weighted by Crippen LogP contribution is 2.27. The van der Waals surface area contributed by atoms with E-state index in [1.807, 2.05) is 0 Å². The van der Waals surface area contributed by atoms with E-state index in [0.717, 1.165) is 38.5 Å². The van der Waals surface area contributed by atoms with Gasteiger partial charge in [0.2, 0.25) is 10.0 Å². The van der Waals surface area contributed by atoms with Crippen LogP contribution in [0, 0.1) is 0 Å². The van der Waals surface area contributed by atoms with Crippen LogP contribution in [0.2, 0.25) is 0 Å². The minimum atomic E-state index is -3.00. The first kappa shape index (κ1) is 11.4. The number of rotatable bonds is 1. The van der Waals surface area contributed by atoms with Gasteiger partial charge in [-0.1, -0.05) is 12.8 Å². The Morgan fingerprint density at radius 1 is 1.07 bits per heavy atom. The molecule has 0 spiro atoms. The Hall–Kier alpha value is -0.130. The molecule has 2 atom stereocenters. The highest BCUT2D eigenvalue weighted by Gasteiger charge is 2.36. The van der Waals surface area contributed by atoms with Crippen LogP contribution in [0.15, 0.2) is 0 Å². The summed E-state index contributed by atoms with van der Waals surface area (Å²) in [6.07, 6.45) is 5.97. The minimum Gasteiger partial charge on any atom is -0.326 e. The number of nitrogens with zero attached hydrogens (tertiary/aromatic N) is 1. The molecule has 2 rings (SSSR count). The van der Waals surface area contributed by atoms with Gasteiger partial charge >= 0.3 is 0 Å². The summed E-state index contributed by atoms with van der Waals surface area (Å²) in [5, 5.41) is 0. The van der Waals surface area contributed by atoms with Crippen molar-refractivity contribution in [2.24, 2.45) is 5.73 Å². The van der Waals surface area contributed by atoms with Gasteiger partial charge in [-0.2, -0.15) is 4.31 Å². The zero-order chi connectivity index (χ0) is 10.9. The fourth-order valence-corrected chi connectivity index (χ4v) is 4.56. The van der Waals surface area contributed by atoms with Gasteiger partial charge in [0, 0.05) is 18.6 Å². The van der Waals surface area contributed by atoms with Crippen LogP contribution >= 0.6 is 0 Å². The Morgan fingerprint density at radius 2 is 1.80 bits per heavy atom. The Kier molecular flexibility index (Phi) is 3.33. The maximum atomic E-state index is 11.9. The predicted octanol–water partition coefficient (Wildman–Crippen LogP) is 0.682. The first-order valence-corrected chi connectivity index (χ1v) is 7.47. The molecule has 0 radical (unpaired) electrons. The van der Waals surface area contributed by atoms with Gasteiger partial charge in [0.25, 0.3) is 0 Å². The SMILES string of the molecule is N[C@@H]1CCCC[C@H]1N1CCCCS1(=O)=O. The molecular weight excluding hydrogens is 212 g/mol. The smallest absolute Gasteiger partial charge is 0.214 e. The van der Waals surface area contributed by atoms with E-state index < -0.39 is 10.0 Å². The lowest BCUT2D eigenvalue weighted by Gasteiger charge is -2.39. The van der Waals surface area contributed by atoms with E-state index in [-0.39, 0.29) is 12.1 Å². The van der Waals surface area contributed by atoms with E-state index >= 15 is 0 Å². The van der Waals surface area contributed by atoms with E-state index in [1.54, 1.807) is 4.31 Å². The summed E-state index contributed by atoms with van der Waals surface area (Å²) in [5.41, 5.74) is 6.02. The minimum absolute atomic E-state index is 0.0478. The van der Waals surface area contributed by atoms with E-state index in [4.69, 9.17) is 5.73 Å². The average Bonchev–Trinajstić information content (AvgIpc) is 2.19. The molecule has 15 heavy (non-hydrogen) atoms. The van der Waals surface area contributed by atoms with Crippen molar-refractivity contribution in [2.45, 2.75) is 50.6 Å².